The van der Waals surface area contributed by atoms with E-state index in [4.69, 9.17) is 10.5 Å². The number of nitrogens with two attached hydrogens (primary N) is 1. The highest BCUT2D eigenvalue weighted by Gasteiger charge is 2.06. The number of rotatable bonds is 2. The third kappa shape index (κ3) is 2.38. The van der Waals surface area contributed by atoms with Crippen LogP contribution < -0.4 is 10.5 Å². The van der Waals surface area contributed by atoms with Gasteiger partial charge in [-0.3, -0.25) is 0 Å². The summed E-state index contributed by atoms with van der Waals surface area (Å²) in [5.41, 5.74) is 9.90. The average molecular weight is 228 g/mol. The number of pyridine rings is 1. The quantitative estimate of drug-likeness (QED) is 0.857. The Bertz CT molecular complexity index is 550. The zero-order chi connectivity index (χ0) is 12.4. The van der Waals surface area contributed by atoms with E-state index in [0.717, 1.165) is 11.3 Å². The lowest BCUT2D eigenvalue weighted by molar-refractivity contribution is 0.464. The van der Waals surface area contributed by atoms with Crippen molar-refractivity contribution in [2.24, 2.45) is 0 Å². The minimum Gasteiger partial charge on any atom is -0.437 e. The largest absolute Gasteiger partial charge is 0.437 e. The molecule has 88 valence electrons. The first-order valence-corrected chi connectivity index (χ1v) is 5.54. The molecule has 0 radical (unpaired) electrons. The molecule has 3 nitrogen and oxygen atoms in total. The fourth-order valence-corrected chi connectivity index (χ4v) is 1.52. The molecule has 0 aliphatic carbocycles. The highest BCUT2D eigenvalue weighted by molar-refractivity contribution is 5.55. The van der Waals surface area contributed by atoms with Gasteiger partial charge < -0.3 is 10.5 Å². The molecule has 2 N–H and O–H groups in total. The molecule has 0 aliphatic rings. The summed E-state index contributed by atoms with van der Waals surface area (Å²) >= 11 is 0. The first-order chi connectivity index (χ1) is 8.08. The molecule has 3 heteroatoms. The van der Waals surface area contributed by atoms with Gasteiger partial charge in [0, 0.05) is 6.20 Å². The van der Waals surface area contributed by atoms with Crippen molar-refractivity contribution < 1.29 is 4.74 Å². The van der Waals surface area contributed by atoms with Gasteiger partial charge in [-0.2, -0.15) is 0 Å². The maximum atomic E-state index is 5.91. The van der Waals surface area contributed by atoms with Crippen LogP contribution in [-0.2, 0) is 0 Å². The zero-order valence-corrected chi connectivity index (χ0v) is 10.3. The Morgan fingerprint density at radius 3 is 2.47 bits per heavy atom. The maximum Gasteiger partial charge on any atom is 0.242 e. The van der Waals surface area contributed by atoms with Crippen molar-refractivity contribution in [3.63, 3.8) is 0 Å². The molecule has 17 heavy (non-hydrogen) atoms. The predicted molar refractivity (Wildman–Crippen MR) is 69.4 cm³/mol. The molecule has 0 aliphatic heterocycles. The van der Waals surface area contributed by atoms with Crippen LogP contribution in [-0.4, -0.2) is 4.98 Å². The predicted octanol–water partition coefficient (Wildman–Crippen LogP) is 3.38. The van der Waals surface area contributed by atoms with Crippen LogP contribution in [0.15, 0.2) is 30.5 Å². The average Bonchev–Trinajstić information content (AvgIpc) is 2.30. The normalized spacial score (nSPS) is 10.3. The zero-order valence-electron chi connectivity index (χ0n) is 10.3. The van der Waals surface area contributed by atoms with Crippen LogP contribution in [0.25, 0.3) is 0 Å². The Kier molecular flexibility index (Phi) is 3.00. The van der Waals surface area contributed by atoms with Gasteiger partial charge in [0.2, 0.25) is 5.88 Å². The molecule has 0 spiro atoms. The van der Waals surface area contributed by atoms with E-state index < -0.39 is 0 Å². The summed E-state index contributed by atoms with van der Waals surface area (Å²) in [4.78, 5) is 4.14. The molecule has 0 fully saturated rings. The van der Waals surface area contributed by atoms with Crippen LogP contribution in [0.2, 0.25) is 0 Å². The van der Waals surface area contributed by atoms with Gasteiger partial charge in [0.15, 0.2) is 0 Å². The first kappa shape index (κ1) is 11.5. The van der Waals surface area contributed by atoms with Crippen molar-refractivity contribution in [1.82, 2.24) is 4.98 Å². The van der Waals surface area contributed by atoms with E-state index in [9.17, 15) is 0 Å². The van der Waals surface area contributed by atoms with Crippen LogP contribution in [0.3, 0.4) is 0 Å². The van der Waals surface area contributed by atoms with E-state index in [1.807, 2.05) is 31.2 Å². The molecular weight excluding hydrogens is 212 g/mol. The van der Waals surface area contributed by atoms with E-state index in [1.165, 1.54) is 11.1 Å². The monoisotopic (exact) mass is 228 g/mol. The molecule has 2 aromatic rings. The Morgan fingerprint density at radius 1 is 1.00 bits per heavy atom. The van der Waals surface area contributed by atoms with Gasteiger partial charge in [0.1, 0.15) is 5.75 Å². The number of aromatic nitrogens is 1. The molecule has 0 saturated carbocycles. The van der Waals surface area contributed by atoms with Gasteiger partial charge in [-0.25, -0.2) is 4.98 Å². The van der Waals surface area contributed by atoms with Crippen molar-refractivity contribution >= 4 is 5.69 Å². The van der Waals surface area contributed by atoms with E-state index in [-0.39, 0.29) is 0 Å². The van der Waals surface area contributed by atoms with Gasteiger partial charge in [-0.1, -0.05) is 6.07 Å². The highest BCUT2D eigenvalue weighted by atomic mass is 16.5. The number of hydrogen-bond acceptors (Lipinski definition) is 3. The summed E-state index contributed by atoms with van der Waals surface area (Å²) in [5.74, 6) is 1.23. The molecule has 0 unspecified atom stereocenters. The van der Waals surface area contributed by atoms with Crippen LogP contribution in [0, 0.1) is 20.8 Å². The van der Waals surface area contributed by atoms with Crippen molar-refractivity contribution in [3.8, 4) is 11.6 Å². The molecule has 0 saturated heterocycles. The van der Waals surface area contributed by atoms with Crippen molar-refractivity contribution in [2.75, 3.05) is 5.73 Å². The number of benzene rings is 1. The summed E-state index contributed by atoms with van der Waals surface area (Å²) in [5, 5.41) is 0. The fraction of sp³-hybridized carbons (Fsp3) is 0.214. The van der Waals surface area contributed by atoms with Crippen molar-refractivity contribution in [1.29, 1.82) is 0 Å². The highest BCUT2D eigenvalue weighted by Crippen LogP contribution is 2.28. The van der Waals surface area contributed by atoms with Gasteiger partial charge in [0.25, 0.3) is 0 Å². The van der Waals surface area contributed by atoms with Crippen molar-refractivity contribution in [2.45, 2.75) is 20.8 Å². The number of anilines is 1. The second-order valence-electron chi connectivity index (χ2n) is 4.19. The summed E-state index contributed by atoms with van der Waals surface area (Å²) in [6.45, 7) is 6.05. The van der Waals surface area contributed by atoms with Gasteiger partial charge >= 0.3 is 0 Å². The third-order valence-corrected chi connectivity index (χ3v) is 2.86. The minimum absolute atomic E-state index is 0.466. The van der Waals surface area contributed by atoms with E-state index in [0.29, 0.717) is 11.6 Å². The fourth-order valence-electron chi connectivity index (χ4n) is 1.52. The molecule has 1 aromatic carbocycles. The van der Waals surface area contributed by atoms with Gasteiger partial charge in [-0.05, 0) is 55.7 Å². The Morgan fingerprint density at radius 2 is 1.76 bits per heavy atom. The second-order valence-corrected chi connectivity index (χ2v) is 4.19. The lowest BCUT2D eigenvalue weighted by Crippen LogP contribution is -1.97. The Labute approximate surface area is 101 Å². The number of nitrogens with zero attached hydrogens (tertiary/aromatic N) is 1. The summed E-state index contributed by atoms with van der Waals surface area (Å²) in [7, 11) is 0. The van der Waals surface area contributed by atoms with E-state index in [2.05, 4.69) is 18.8 Å². The van der Waals surface area contributed by atoms with Crippen molar-refractivity contribution in [3.05, 3.63) is 47.2 Å². The summed E-state index contributed by atoms with van der Waals surface area (Å²) < 4.78 is 5.69. The molecule has 0 bridgehead atoms. The van der Waals surface area contributed by atoms with Gasteiger partial charge in [0.05, 0.1) is 5.69 Å². The van der Waals surface area contributed by atoms with Crippen LogP contribution in [0.1, 0.15) is 16.7 Å². The number of ether oxygens (including phenoxy) is 1. The molecular formula is C14H16N2O. The second kappa shape index (κ2) is 4.45. The molecule has 1 aromatic heterocycles. The SMILES string of the molecule is Cc1ccc(Oc2nccc(C)c2N)cc1C. The van der Waals surface area contributed by atoms with Crippen LogP contribution in [0.5, 0.6) is 11.6 Å². The third-order valence-electron chi connectivity index (χ3n) is 2.86. The molecule has 0 atom stereocenters. The standard InChI is InChI=1S/C14H16N2O/c1-9-4-5-12(8-11(9)3)17-14-13(15)10(2)6-7-16-14/h4-8H,15H2,1-3H3. The van der Waals surface area contributed by atoms with Crippen LogP contribution in [0.4, 0.5) is 5.69 Å². The smallest absolute Gasteiger partial charge is 0.242 e. The Balaban J connectivity index is 2.31. The maximum absolute atomic E-state index is 5.91. The summed E-state index contributed by atoms with van der Waals surface area (Å²) in [6.07, 6.45) is 1.70. The Hall–Kier alpha value is -2.03. The lowest BCUT2D eigenvalue weighted by Gasteiger charge is -2.10. The number of nitrogen functional groups attached to an aromatic ring is 1. The van der Waals surface area contributed by atoms with Gasteiger partial charge in [-0.15, -0.1) is 0 Å². The first-order valence-electron chi connectivity index (χ1n) is 5.54. The molecule has 0 amide bonds. The van der Waals surface area contributed by atoms with E-state index in [1.54, 1.807) is 6.20 Å². The topological polar surface area (TPSA) is 48.1 Å². The molecule has 2 rings (SSSR count). The van der Waals surface area contributed by atoms with E-state index >= 15 is 0 Å². The number of aryl methyl sites for hydroxylation is 3. The summed E-state index contributed by atoms with van der Waals surface area (Å²) in [6, 6.07) is 7.80. The molecule has 1 heterocycles. The van der Waals surface area contributed by atoms with Crippen LogP contribution >= 0.6 is 0 Å². The lowest BCUT2D eigenvalue weighted by atomic mass is 10.1. The number of hydrogen-bond donors (Lipinski definition) is 1. The minimum atomic E-state index is 0.466.